The molecule has 0 atom stereocenters. The van der Waals surface area contributed by atoms with Gasteiger partial charge in [0.15, 0.2) is 0 Å². The Bertz CT molecular complexity index is 341. The average Bonchev–Trinajstić information content (AvgIpc) is 2.28. The summed E-state index contributed by atoms with van der Waals surface area (Å²) in [6.45, 7) is 1.10. The van der Waals surface area contributed by atoms with Gasteiger partial charge < -0.3 is 10.6 Å². The first kappa shape index (κ1) is 12.1. The van der Waals surface area contributed by atoms with Gasteiger partial charge in [-0.2, -0.15) is 12.6 Å². The number of thiol groups is 1. The summed E-state index contributed by atoms with van der Waals surface area (Å²) in [5, 5.41) is 0. The second-order valence-corrected chi connectivity index (χ2v) is 3.80. The molecule has 0 fully saturated rings. The molecule has 0 aliphatic heterocycles. The van der Waals surface area contributed by atoms with Crippen LogP contribution in [0.25, 0.3) is 0 Å². The average molecular weight is 224 g/mol. The molecule has 0 aromatic heterocycles. The standard InChI is InChI=1S/C11H16N2OS/c1-13(5-6-15)11(14)10-4-2-3-9(7-10)8-12/h2-4,7,15H,5-6,8,12H2,1H3. The van der Waals surface area contributed by atoms with Crippen LogP contribution in [0.15, 0.2) is 24.3 Å². The van der Waals surface area contributed by atoms with Gasteiger partial charge in [0.2, 0.25) is 0 Å². The third-order valence-electron chi connectivity index (χ3n) is 2.19. The molecule has 0 radical (unpaired) electrons. The molecule has 1 aromatic rings. The second-order valence-electron chi connectivity index (χ2n) is 3.35. The van der Waals surface area contributed by atoms with Crippen LogP contribution >= 0.6 is 12.6 Å². The third kappa shape index (κ3) is 3.25. The van der Waals surface area contributed by atoms with E-state index in [0.717, 1.165) is 5.56 Å². The molecule has 1 amide bonds. The predicted molar refractivity (Wildman–Crippen MR) is 65.1 cm³/mol. The fraction of sp³-hybridized carbons (Fsp3) is 0.364. The van der Waals surface area contributed by atoms with Crippen LogP contribution in [-0.2, 0) is 6.54 Å². The number of benzene rings is 1. The van der Waals surface area contributed by atoms with Crippen LogP contribution in [-0.4, -0.2) is 30.2 Å². The summed E-state index contributed by atoms with van der Waals surface area (Å²) < 4.78 is 0. The fourth-order valence-corrected chi connectivity index (χ4v) is 1.60. The Balaban J connectivity index is 2.81. The molecule has 82 valence electrons. The first-order valence-electron chi connectivity index (χ1n) is 4.84. The van der Waals surface area contributed by atoms with Crippen LogP contribution < -0.4 is 5.73 Å². The van der Waals surface area contributed by atoms with Crippen molar-refractivity contribution >= 4 is 18.5 Å². The lowest BCUT2D eigenvalue weighted by Gasteiger charge is -2.16. The number of carbonyl (C=O) groups excluding carboxylic acids is 1. The van der Waals surface area contributed by atoms with Crippen LogP contribution in [0, 0.1) is 0 Å². The van der Waals surface area contributed by atoms with Crippen LogP contribution in [0.3, 0.4) is 0 Å². The van der Waals surface area contributed by atoms with E-state index in [9.17, 15) is 4.79 Å². The minimum atomic E-state index is 0.0133. The van der Waals surface area contributed by atoms with E-state index in [2.05, 4.69) is 12.6 Å². The quantitative estimate of drug-likeness (QED) is 0.754. The highest BCUT2D eigenvalue weighted by molar-refractivity contribution is 7.80. The van der Waals surface area contributed by atoms with Gasteiger partial charge in [-0.15, -0.1) is 0 Å². The van der Waals surface area contributed by atoms with Crippen LogP contribution in [0.5, 0.6) is 0 Å². The number of amides is 1. The van der Waals surface area contributed by atoms with Crippen LogP contribution in [0.4, 0.5) is 0 Å². The summed E-state index contributed by atoms with van der Waals surface area (Å²) in [7, 11) is 1.77. The third-order valence-corrected chi connectivity index (χ3v) is 2.39. The molecule has 15 heavy (non-hydrogen) atoms. The molecule has 3 nitrogen and oxygen atoms in total. The Morgan fingerprint density at radius 2 is 2.27 bits per heavy atom. The molecule has 4 heteroatoms. The molecule has 0 heterocycles. The van der Waals surface area contributed by atoms with Crippen molar-refractivity contribution in [2.24, 2.45) is 5.73 Å². The zero-order valence-corrected chi connectivity index (χ0v) is 9.71. The van der Waals surface area contributed by atoms with Gasteiger partial charge in [-0.25, -0.2) is 0 Å². The van der Waals surface area contributed by atoms with Gasteiger partial charge >= 0.3 is 0 Å². The highest BCUT2D eigenvalue weighted by Crippen LogP contribution is 2.07. The minimum Gasteiger partial charge on any atom is -0.341 e. The van der Waals surface area contributed by atoms with Gasteiger partial charge in [-0.05, 0) is 17.7 Å². The Labute approximate surface area is 95.7 Å². The van der Waals surface area contributed by atoms with E-state index in [4.69, 9.17) is 5.73 Å². The topological polar surface area (TPSA) is 46.3 Å². The van der Waals surface area contributed by atoms with Crippen LogP contribution in [0.1, 0.15) is 15.9 Å². The van der Waals surface area contributed by atoms with Crippen molar-refractivity contribution in [3.63, 3.8) is 0 Å². The minimum absolute atomic E-state index is 0.0133. The Kier molecular flexibility index (Phi) is 4.65. The Morgan fingerprint density at radius 1 is 1.53 bits per heavy atom. The van der Waals surface area contributed by atoms with Crippen molar-refractivity contribution in [3.05, 3.63) is 35.4 Å². The van der Waals surface area contributed by atoms with Crippen molar-refractivity contribution in [3.8, 4) is 0 Å². The van der Waals surface area contributed by atoms with Gasteiger partial charge in [0, 0.05) is 31.5 Å². The van der Waals surface area contributed by atoms with Gasteiger partial charge in [-0.3, -0.25) is 4.79 Å². The molecular weight excluding hydrogens is 208 g/mol. The van der Waals surface area contributed by atoms with Gasteiger partial charge in [0.1, 0.15) is 0 Å². The molecule has 0 aliphatic rings. The molecule has 0 aliphatic carbocycles. The largest absolute Gasteiger partial charge is 0.341 e. The summed E-state index contributed by atoms with van der Waals surface area (Å²) >= 11 is 4.09. The molecule has 0 spiro atoms. The zero-order chi connectivity index (χ0) is 11.3. The first-order valence-corrected chi connectivity index (χ1v) is 5.47. The predicted octanol–water partition coefficient (Wildman–Crippen LogP) is 1.15. The van der Waals surface area contributed by atoms with Gasteiger partial charge in [0.25, 0.3) is 5.91 Å². The van der Waals surface area contributed by atoms with E-state index in [1.807, 2.05) is 18.2 Å². The SMILES string of the molecule is CN(CCS)C(=O)c1cccc(CN)c1. The van der Waals surface area contributed by atoms with Crippen molar-refractivity contribution in [2.45, 2.75) is 6.54 Å². The molecule has 0 bridgehead atoms. The molecule has 1 aromatic carbocycles. The lowest BCUT2D eigenvalue weighted by molar-refractivity contribution is 0.0803. The Morgan fingerprint density at radius 3 is 2.87 bits per heavy atom. The summed E-state index contributed by atoms with van der Waals surface area (Å²) in [4.78, 5) is 13.5. The molecule has 1 rings (SSSR count). The smallest absolute Gasteiger partial charge is 0.253 e. The lowest BCUT2D eigenvalue weighted by Crippen LogP contribution is -2.28. The Hall–Kier alpha value is -1.00. The molecule has 0 saturated heterocycles. The van der Waals surface area contributed by atoms with E-state index in [1.165, 1.54) is 0 Å². The molecule has 0 saturated carbocycles. The van der Waals surface area contributed by atoms with E-state index in [1.54, 1.807) is 18.0 Å². The number of nitrogens with zero attached hydrogens (tertiary/aromatic N) is 1. The maximum absolute atomic E-state index is 11.9. The highest BCUT2D eigenvalue weighted by Gasteiger charge is 2.10. The number of rotatable bonds is 4. The summed E-state index contributed by atoms with van der Waals surface area (Å²) in [6, 6.07) is 7.40. The summed E-state index contributed by atoms with van der Waals surface area (Å²) in [6.07, 6.45) is 0. The molecule has 2 N–H and O–H groups in total. The number of carbonyl (C=O) groups is 1. The summed E-state index contributed by atoms with van der Waals surface area (Å²) in [5.41, 5.74) is 7.17. The first-order chi connectivity index (χ1) is 7.19. The number of hydrogen-bond donors (Lipinski definition) is 2. The van der Waals surface area contributed by atoms with Crippen molar-refractivity contribution in [2.75, 3.05) is 19.3 Å². The van der Waals surface area contributed by atoms with E-state index in [0.29, 0.717) is 24.4 Å². The second kappa shape index (κ2) is 5.78. The maximum atomic E-state index is 11.9. The zero-order valence-electron chi connectivity index (χ0n) is 8.81. The van der Waals surface area contributed by atoms with Gasteiger partial charge in [-0.1, -0.05) is 12.1 Å². The van der Waals surface area contributed by atoms with E-state index >= 15 is 0 Å². The number of nitrogens with two attached hydrogens (primary N) is 1. The van der Waals surface area contributed by atoms with E-state index in [-0.39, 0.29) is 5.91 Å². The fourth-order valence-electron chi connectivity index (χ4n) is 1.30. The lowest BCUT2D eigenvalue weighted by atomic mass is 10.1. The molecular formula is C11H16N2OS. The normalized spacial score (nSPS) is 10.1. The van der Waals surface area contributed by atoms with Crippen molar-refractivity contribution < 1.29 is 4.79 Å². The maximum Gasteiger partial charge on any atom is 0.253 e. The van der Waals surface area contributed by atoms with Crippen LogP contribution in [0.2, 0.25) is 0 Å². The van der Waals surface area contributed by atoms with Crippen molar-refractivity contribution in [1.82, 2.24) is 4.90 Å². The van der Waals surface area contributed by atoms with Gasteiger partial charge in [0.05, 0.1) is 0 Å². The monoisotopic (exact) mass is 224 g/mol. The molecule has 0 unspecified atom stereocenters. The van der Waals surface area contributed by atoms with E-state index < -0.39 is 0 Å². The summed E-state index contributed by atoms with van der Waals surface area (Å²) in [5.74, 6) is 0.679. The van der Waals surface area contributed by atoms with Crippen molar-refractivity contribution in [1.29, 1.82) is 0 Å². The highest BCUT2D eigenvalue weighted by atomic mass is 32.1. The number of hydrogen-bond acceptors (Lipinski definition) is 3.